The van der Waals surface area contributed by atoms with E-state index in [2.05, 4.69) is 0 Å². The van der Waals surface area contributed by atoms with Crippen LogP contribution in [-0.4, -0.2) is 33.5 Å². The van der Waals surface area contributed by atoms with Gasteiger partial charge in [0.15, 0.2) is 0 Å². The van der Waals surface area contributed by atoms with Gasteiger partial charge in [-0.15, -0.1) is 0 Å². The number of aliphatic carboxylic acids is 1. The number of aliphatic hydroxyl groups excluding tert-OH is 2. The molecule has 140 valence electrons. The summed E-state index contributed by atoms with van der Waals surface area (Å²) in [7, 11) is 0. The Bertz CT molecular complexity index is 752. The van der Waals surface area contributed by atoms with Crippen molar-refractivity contribution in [3.63, 3.8) is 0 Å². The first-order valence-electron chi connectivity index (χ1n) is 8.52. The normalized spacial score (nSPS) is 13.1. The number of carbonyl (C=O) groups is 1. The Kier molecular flexibility index (Phi) is 11.3. The SMILES string of the molecule is O=C(O)C[C@H](O)C[C@H](O)/C=C/c1ccccc1CCc1ccc(F)cc1.[H-].[K+]. The van der Waals surface area contributed by atoms with Crippen LogP contribution in [0.4, 0.5) is 4.39 Å². The standard InChI is InChI=1S/C21H23FO4.K.H/c22-18-10-6-15(7-11-18)5-8-16-3-1-2-4-17(16)9-12-19(23)13-20(24)14-21(25)26;;/h1-4,6-7,9-12,19-20,23-24H,5,8,13-14H2,(H,25,26);;/q;+1;-1/b12-9+;;/t19-,20-;;/m1../s1. The van der Waals surface area contributed by atoms with Crippen LogP contribution in [0.5, 0.6) is 0 Å². The van der Waals surface area contributed by atoms with E-state index < -0.39 is 18.2 Å². The minimum atomic E-state index is -1.10. The smallest absolute Gasteiger partial charge is 1.00 e. The van der Waals surface area contributed by atoms with E-state index in [-0.39, 0.29) is 71.5 Å². The minimum Gasteiger partial charge on any atom is -1.00 e. The number of halogens is 1. The van der Waals surface area contributed by atoms with Crippen molar-refractivity contribution < 1.29 is 77.3 Å². The van der Waals surface area contributed by atoms with E-state index in [0.29, 0.717) is 0 Å². The van der Waals surface area contributed by atoms with Crippen molar-refractivity contribution in [2.24, 2.45) is 0 Å². The molecule has 0 aliphatic heterocycles. The van der Waals surface area contributed by atoms with E-state index >= 15 is 0 Å². The molecule has 0 saturated carbocycles. The van der Waals surface area contributed by atoms with Crippen LogP contribution in [0, 0.1) is 5.82 Å². The molecule has 0 aliphatic rings. The van der Waals surface area contributed by atoms with E-state index in [0.717, 1.165) is 29.5 Å². The molecule has 2 aromatic rings. The quantitative estimate of drug-likeness (QED) is 0.532. The first-order valence-corrected chi connectivity index (χ1v) is 8.52. The maximum Gasteiger partial charge on any atom is 1.00 e. The number of hydrogen-bond acceptors (Lipinski definition) is 3. The number of carboxylic acids is 1. The van der Waals surface area contributed by atoms with E-state index in [1.807, 2.05) is 24.3 Å². The summed E-state index contributed by atoms with van der Waals surface area (Å²) in [5.41, 5.74) is 3.08. The van der Waals surface area contributed by atoms with E-state index in [4.69, 9.17) is 5.11 Å². The number of carboxylic acid groups (broad SMARTS) is 1. The van der Waals surface area contributed by atoms with Gasteiger partial charge in [-0.25, -0.2) is 4.39 Å². The largest absolute Gasteiger partial charge is 1.00 e. The second-order valence-corrected chi connectivity index (χ2v) is 6.24. The maximum absolute atomic E-state index is 13.0. The molecule has 0 spiro atoms. The fraction of sp³-hybridized carbons (Fsp3) is 0.286. The topological polar surface area (TPSA) is 77.8 Å². The number of rotatable bonds is 9. The second kappa shape index (κ2) is 12.6. The van der Waals surface area contributed by atoms with Crippen LogP contribution >= 0.6 is 0 Å². The molecule has 2 atom stereocenters. The van der Waals surface area contributed by atoms with Crippen molar-refractivity contribution in [1.29, 1.82) is 0 Å². The molecule has 0 radical (unpaired) electrons. The van der Waals surface area contributed by atoms with Gasteiger partial charge in [-0.3, -0.25) is 4.79 Å². The summed E-state index contributed by atoms with van der Waals surface area (Å²) < 4.78 is 13.0. The Hall–Kier alpha value is -0.864. The molecule has 0 amide bonds. The average molecular weight is 399 g/mol. The first-order chi connectivity index (χ1) is 12.4. The number of aryl methyl sites for hydroxylation is 2. The van der Waals surface area contributed by atoms with Crippen LogP contribution in [0.1, 0.15) is 31.0 Å². The molecule has 0 fully saturated rings. The molecule has 0 aromatic heterocycles. The number of hydrogen-bond donors (Lipinski definition) is 3. The summed E-state index contributed by atoms with van der Waals surface area (Å²) in [6.07, 6.45) is 2.45. The monoisotopic (exact) mass is 398 g/mol. The molecule has 0 heterocycles. The molecular formula is C21H24FKO4. The summed E-state index contributed by atoms with van der Waals surface area (Å²) in [6, 6.07) is 14.2. The molecule has 2 aromatic carbocycles. The number of aliphatic hydroxyl groups is 2. The number of benzene rings is 2. The Morgan fingerprint density at radius 3 is 2.41 bits per heavy atom. The van der Waals surface area contributed by atoms with Gasteiger partial charge in [0.2, 0.25) is 0 Å². The van der Waals surface area contributed by atoms with Gasteiger partial charge in [0.25, 0.3) is 0 Å². The van der Waals surface area contributed by atoms with E-state index in [1.165, 1.54) is 12.1 Å². The zero-order valence-electron chi connectivity index (χ0n) is 16.4. The van der Waals surface area contributed by atoms with Crippen LogP contribution < -0.4 is 51.4 Å². The molecule has 27 heavy (non-hydrogen) atoms. The molecule has 2 rings (SSSR count). The molecule has 4 nitrogen and oxygen atoms in total. The molecule has 3 N–H and O–H groups in total. The zero-order chi connectivity index (χ0) is 18.9. The van der Waals surface area contributed by atoms with Crippen LogP contribution in [0.25, 0.3) is 6.08 Å². The predicted molar refractivity (Wildman–Crippen MR) is 99.3 cm³/mol. The molecule has 0 unspecified atom stereocenters. The molecule has 0 saturated heterocycles. The summed E-state index contributed by atoms with van der Waals surface area (Å²) in [5.74, 6) is -1.35. The Balaban J connectivity index is 0.00000364. The van der Waals surface area contributed by atoms with Crippen molar-refractivity contribution in [3.05, 3.63) is 77.1 Å². The Labute approximate surface area is 202 Å². The summed E-state index contributed by atoms with van der Waals surface area (Å²) in [4.78, 5) is 10.5. The van der Waals surface area contributed by atoms with Crippen molar-refractivity contribution >= 4 is 12.0 Å². The molecule has 6 heteroatoms. The summed E-state index contributed by atoms with van der Waals surface area (Å²) >= 11 is 0. The fourth-order valence-corrected chi connectivity index (χ4v) is 2.71. The second-order valence-electron chi connectivity index (χ2n) is 6.24. The van der Waals surface area contributed by atoms with Gasteiger partial charge in [0.1, 0.15) is 5.82 Å². The molecule has 0 aliphatic carbocycles. The van der Waals surface area contributed by atoms with Crippen molar-refractivity contribution in [2.45, 2.75) is 37.9 Å². The van der Waals surface area contributed by atoms with Gasteiger partial charge < -0.3 is 16.7 Å². The van der Waals surface area contributed by atoms with Crippen LogP contribution in [-0.2, 0) is 17.6 Å². The van der Waals surface area contributed by atoms with Crippen LogP contribution in [0.15, 0.2) is 54.6 Å². The van der Waals surface area contributed by atoms with Gasteiger partial charge in [-0.05, 0) is 41.7 Å². The van der Waals surface area contributed by atoms with Gasteiger partial charge >= 0.3 is 57.4 Å². The Morgan fingerprint density at radius 2 is 1.74 bits per heavy atom. The summed E-state index contributed by atoms with van der Waals surface area (Å²) in [5, 5.41) is 28.1. The van der Waals surface area contributed by atoms with Gasteiger partial charge in [0, 0.05) is 6.42 Å². The minimum absolute atomic E-state index is 0. The maximum atomic E-state index is 13.0. The Morgan fingerprint density at radius 1 is 1.07 bits per heavy atom. The third-order valence-electron chi connectivity index (χ3n) is 4.07. The van der Waals surface area contributed by atoms with E-state index in [9.17, 15) is 19.4 Å². The van der Waals surface area contributed by atoms with Gasteiger partial charge in [0.05, 0.1) is 18.6 Å². The first kappa shape index (κ1) is 24.2. The van der Waals surface area contributed by atoms with E-state index in [1.54, 1.807) is 24.3 Å². The van der Waals surface area contributed by atoms with Gasteiger partial charge in [-0.1, -0.05) is 48.6 Å². The zero-order valence-corrected chi connectivity index (χ0v) is 18.5. The van der Waals surface area contributed by atoms with Crippen LogP contribution in [0.2, 0.25) is 0 Å². The van der Waals surface area contributed by atoms with Gasteiger partial charge in [-0.2, -0.15) is 0 Å². The van der Waals surface area contributed by atoms with Crippen molar-refractivity contribution in [3.8, 4) is 0 Å². The van der Waals surface area contributed by atoms with Crippen molar-refractivity contribution in [1.82, 2.24) is 0 Å². The third-order valence-corrected chi connectivity index (χ3v) is 4.07. The van der Waals surface area contributed by atoms with Crippen molar-refractivity contribution in [2.75, 3.05) is 0 Å². The summed E-state index contributed by atoms with van der Waals surface area (Å²) in [6.45, 7) is 0. The molecular weight excluding hydrogens is 374 g/mol. The predicted octanol–water partition coefficient (Wildman–Crippen LogP) is 0.327. The fourth-order valence-electron chi connectivity index (χ4n) is 2.71. The average Bonchev–Trinajstić information content (AvgIpc) is 2.59. The van der Waals surface area contributed by atoms with Crippen LogP contribution in [0.3, 0.4) is 0 Å². The molecule has 0 bridgehead atoms. The third kappa shape index (κ3) is 9.25.